The normalized spacial score (nSPS) is 10.1. The van der Waals surface area contributed by atoms with E-state index in [1.165, 1.54) is 0 Å². The van der Waals surface area contributed by atoms with Crippen LogP contribution in [0.1, 0.15) is 5.56 Å². The standard InChI is InChI=1S/C17H15Cl2NO4/c18-13-4-1-3-12(7-13)9-20-16(21)10-24-17(22)11-23-15-6-2-5-14(19)8-15/h1-8H,9-11H2,(H,20,21). The van der Waals surface area contributed by atoms with Gasteiger partial charge in [-0.25, -0.2) is 4.79 Å². The van der Waals surface area contributed by atoms with Crippen molar-refractivity contribution in [3.05, 3.63) is 64.1 Å². The molecule has 5 nitrogen and oxygen atoms in total. The van der Waals surface area contributed by atoms with E-state index in [-0.39, 0.29) is 13.2 Å². The van der Waals surface area contributed by atoms with Crippen molar-refractivity contribution in [2.75, 3.05) is 13.2 Å². The molecular weight excluding hydrogens is 353 g/mol. The van der Waals surface area contributed by atoms with Crippen LogP contribution in [0.2, 0.25) is 10.0 Å². The van der Waals surface area contributed by atoms with Gasteiger partial charge in [0.25, 0.3) is 5.91 Å². The summed E-state index contributed by atoms with van der Waals surface area (Å²) in [6.07, 6.45) is 0. The Balaban J connectivity index is 1.66. The summed E-state index contributed by atoms with van der Waals surface area (Å²) in [5.74, 6) is -0.608. The zero-order valence-electron chi connectivity index (χ0n) is 12.6. The third kappa shape index (κ3) is 6.48. The fourth-order valence-electron chi connectivity index (χ4n) is 1.79. The van der Waals surface area contributed by atoms with Gasteiger partial charge in [0.05, 0.1) is 0 Å². The minimum absolute atomic E-state index is 0.302. The van der Waals surface area contributed by atoms with Crippen LogP contribution in [0.25, 0.3) is 0 Å². The highest BCUT2D eigenvalue weighted by atomic mass is 35.5. The van der Waals surface area contributed by atoms with Crippen LogP contribution < -0.4 is 10.1 Å². The number of rotatable bonds is 7. The first-order valence-electron chi connectivity index (χ1n) is 7.08. The Morgan fingerprint density at radius 1 is 0.958 bits per heavy atom. The maximum absolute atomic E-state index is 11.6. The summed E-state index contributed by atoms with van der Waals surface area (Å²) in [5, 5.41) is 3.72. The van der Waals surface area contributed by atoms with Gasteiger partial charge in [0, 0.05) is 16.6 Å². The van der Waals surface area contributed by atoms with E-state index in [9.17, 15) is 9.59 Å². The molecule has 1 N–H and O–H groups in total. The molecule has 0 spiro atoms. The number of hydrogen-bond acceptors (Lipinski definition) is 4. The van der Waals surface area contributed by atoms with Gasteiger partial charge < -0.3 is 14.8 Å². The second kappa shape index (κ2) is 9.15. The Bertz CT molecular complexity index is 660. The second-order valence-corrected chi connectivity index (χ2v) is 5.69. The van der Waals surface area contributed by atoms with Crippen molar-refractivity contribution in [3.63, 3.8) is 0 Å². The van der Waals surface area contributed by atoms with Gasteiger partial charge in [-0.05, 0) is 35.9 Å². The van der Waals surface area contributed by atoms with Crippen LogP contribution >= 0.6 is 23.2 Å². The number of nitrogens with one attached hydrogen (secondary N) is 1. The Morgan fingerprint density at radius 3 is 2.38 bits per heavy atom. The lowest BCUT2D eigenvalue weighted by molar-refractivity contribution is -0.150. The predicted octanol–water partition coefficient (Wildman–Crippen LogP) is 3.23. The van der Waals surface area contributed by atoms with Crippen molar-refractivity contribution >= 4 is 35.1 Å². The maximum atomic E-state index is 11.6. The van der Waals surface area contributed by atoms with Crippen molar-refractivity contribution in [1.29, 1.82) is 0 Å². The van der Waals surface area contributed by atoms with Crippen molar-refractivity contribution < 1.29 is 19.1 Å². The number of amides is 1. The average Bonchev–Trinajstić information content (AvgIpc) is 2.56. The number of carbonyl (C=O) groups excluding carboxylic acids is 2. The summed E-state index contributed by atoms with van der Waals surface area (Å²) < 4.78 is 10.1. The van der Waals surface area contributed by atoms with Crippen molar-refractivity contribution in [1.82, 2.24) is 5.32 Å². The highest BCUT2D eigenvalue weighted by Crippen LogP contribution is 2.16. The molecule has 0 saturated heterocycles. The number of esters is 1. The molecule has 0 unspecified atom stereocenters. The van der Waals surface area contributed by atoms with Gasteiger partial charge in [-0.2, -0.15) is 0 Å². The molecule has 0 bridgehead atoms. The highest BCUT2D eigenvalue weighted by Gasteiger charge is 2.08. The molecule has 0 fully saturated rings. The van der Waals surface area contributed by atoms with Gasteiger partial charge >= 0.3 is 5.97 Å². The van der Waals surface area contributed by atoms with E-state index in [1.807, 2.05) is 6.07 Å². The number of ether oxygens (including phenoxy) is 2. The third-order valence-corrected chi connectivity index (χ3v) is 3.37. The Labute approximate surface area is 149 Å². The Morgan fingerprint density at radius 2 is 1.67 bits per heavy atom. The van der Waals surface area contributed by atoms with Gasteiger partial charge in [-0.1, -0.05) is 41.4 Å². The summed E-state index contributed by atoms with van der Waals surface area (Å²) >= 11 is 11.7. The van der Waals surface area contributed by atoms with Crippen LogP contribution in [-0.2, 0) is 20.9 Å². The number of hydrogen-bond donors (Lipinski definition) is 1. The zero-order valence-corrected chi connectivity index (χ0v) is 14.1. The maximum Gasteiger partial charge on any atom is 0.344 e. The number of halogens is 2. The van der Waals surface area contributed by atoms with Crippen LogP contribution in [0.4, 0.5) is 0 Å². The lowest BCUT2D eigenvalue weighted by Gasteiger charge is -2.08. The minimum Gasteiger partial charge on any atom is -0.482 e. The molecule has 126 valence electrons. The van der Waals surface area contributed by atoms with E-state index >= 15 is 0 Å². The molecule has 0 aliphatic rings. The zero-order chi connectivity index (χ0) is 17.4. The molecule has 0 heterocycles. The summed E-state index contributed by atoms with van der Waals surface area (Å²) in [7, 11) is 0. The molecule has 2 aromatic rings. The van der Waals surface area contributed by atoms with Gasteiger partial charge in [0.2, 0.25) is 0 Å². The molecule has 1 amide bonds. The molecule has 24 heavy (non-hydrogen) atoms. The molecule has 0 aliphatic heterocycles. The van der Waals surface area contributed by atoms with E-state index in [0.717, 1.165) is 5.56 Å². The van der Waals surface area contributed by atoms with Crippen molar-refractivity contribution in [2.45, 2.75) is 6.54 Å². The molecule has 0 aliphatic carbocycles. The summed E-state index contributed by atoms with van der Waals surface area (Å²) in [6.45, 7) is -0.379. The van der Waals surface area contributed by atoms with Gasteiger partial charge in [0.1, 0.15) is 5.75 Å². The molecule has 0 aromatic heterocycles. The first-order valence-corrected chi connectivity index (χ1v) is 7.83. The summed E-state index contributed by atoms with van der Waals surface area (Å²) in [6, 6.07) is 13.7. The third-order valence-electron chi connectivity index (χ3n) is 2.90. The minimum atomic E-state index is -0.645. The van der Waals surface area contributed by atoms with Crippen LogP contribution in [0.3, 0.4) is 0 Å². The van der Waals surface area contributed by atoms with Crippen LogP contribution in [0.15, 0.2) is 48.5 Å². The van der Waals surface area contributed by atoms with Crippen LogP contribution in [0, 0.1) is 0 Å². The quantitative estimate of drug-likeness (QED) is 0.763. The lowest BCUT2D eigenvalue weighted by Crippen LogP contribution is -2.29. The van der Waals surface area contributed by atoms with E-state index < -0.39 is 11.9 Å². The van der Waals surface area contributed by atoms with E-state index in [2.05, 4.69) is 5.32 Å². The van der Waals surface area contributed by atoms with E-state index in [4.69, 9.17) is 32.7 Å². The van der Waals surface area contributed by atoms with Crippen LogP contribution in [0.5, 0.6) is 5.75 Å². The fourth-order valence-corrected chi connectivity index (χ4v) is 2.18. The van der Waals surface area contributed by atoms with E-state index in [1.54, 1.807) is 42.5 Å². The Kier molecular flexibility index (Phi) is 6.90. The average molecular weight is 368 g/mol. The van der Waals surface area contributed by atoms with Crippen molar-refractivity contribution in [3.8, 4) is 5.75 Å². The molecular formula is C17H15Cl2NO4. The number of benzene rings is 2. The molecule has 0 saturated carbocycles. The SMILES string of the molecule is O=C(COC(=O)COc1cccc(Cl)c1)NCc1cccc(Cl)c1. The Hall–Kier alpha value is -2.24. The van der Waals surface area contributed by atoms with Crippen molar-refractivity contribution in [2.24, 2.45) is 0 Å². The molecule has 7 heteroatoms. The fraction of sp³-hybridized carbons (Fsp3) is 0.176. The smallest absolute Gasteiger partial charge is 0.344 e. The summed E-state index contributed by atoms with van der Waals surface area (Å²) in [4.78, 5) is 23.2. The van der Waals surface area contributed by atoms with Crippen LogP contribution in [-0.4, -0.2) is 25.1 Å². The van der Waals surface area contributed by atoms with E-state index in [0.29, 0.717) is 22.3 Å². The largest absolute Gasteiger partial charge is 0.482 e. The predicted molar refractivity (Wildman–Crippen MR) is 91.2 cm³/mol. The van der Waals surface area contributed by atoms with Gasteiger partial charge in [-0.15, -0.1) is 0 Å². The summed E-state index contributed by atoms with van der Waals surface area (Å²) in [5.41, 5.74) is 0.853. The first-order chi connectivity index (χ1) is 11.5. The molecule has 0 radical (unpaired) electrons. The van der Waals surface area contributed by atoms with Gasteiger partial charge in [0.15, 0.2) is 13.2 Å². The number of carbonyl (C=O) groups is 2. The lowest BCUT2D eigenvalue weighted by atomic mass is 10.2. The second-order valence-electron chi connectivity index (χ2n) is 4.81. The van der Waals surface area contributed by atoms with Gasteiger partial charge in [-0.3, -0.25) is 4.79 Å². The highest BCUT2D eigenvalue weighted by molar-refractivity contribution is 6.30. The molecule has 0 atom stereocenters. The molecule has 2 aromatic carbocycles. The first kappa shape index (κ1) is 18.1. The topological polar surface area (TPSA) is 64.6 Å². The molecule has 2 rings (SSSR count). The monoisotopic (exact) mass is 367 g/mol.